The van der Waals surface area contributed by atoms with Crippen LogP contribution in [0, 0.1) is 13.8 Å². The van der Waals surface area contributed by atoms with Crippen LogP contribution in [0.25, 0.3) is 11.3 Å². The number of hydrogen-bond acceptors (Lipinski definition) is 3. The Morgan fingerprint density at radius 2 is 1.71 bits per heavy atom. The molecule has 0 fully saturated rings. The van der Waals surface area contributed by atoms with Crippen molar-refractivity contribution in [3.8, 4) is 11.3 Å². The van der Waals surface area contributed by atoms with Crippen LogP contribution in [0.15, 0.2) is 22.7 Å². The fourth-order valence-corrected chi connectivity index (χ4v) is 2.19. The molecule has 0 saturated heterocycles. The number of benzene rings is 1. The second-order valence-electron chi connectivity index (χ2n) is 4.84. The van der Waals surface area contributed by atoms with E-state index in [9.17, 15) is 0 Å². The first kappa shape index (κ1) is 11.7. The van der Waals surface area contributed by atoms with E-state index in [0.717, 1.165) is 16.8 Å². The first-order chi connectivity index (χ1) is 7.99. The van der Waals surface area contributed by atoms with Crippen LogP contribution >= 0.6 is 0 Å². The maximum atomic E-state index is 5.83. The quantitative estimate of drug-likeness (QED) is 0.856. The maximum Gasteiger partial charge on any atom is 0.226 e. The third-order valence-corrected chi connectivity index (χ3v) is 2.83. The number of nitrogens with zero attached hydrogens (tertiary/aromatic N) is 1. The van der Waals surface area contributed by atoms with Gasteiger partial charge in [-0.25, -0.2) is 0 Å². The van der Waals surface area contributed by atoms with Gasteiger partial charge in [0.2, 0.25) is 5.88 Å². The molecule has 2 aromatic rings. The van der Waals surface area contributed by atoms with E-state index in [2.05, 4.69) is 51.1 Å². The largest absolute Gasteiger partial charge is 0.367 e. The summed E-state index contributed by atoms with van der Waals surface area (Å²) in [5.41, 5.74) is 11.2. The molecule has 90 valence electrons. The molecule has 2 rings (SSSR count). The van der Waals surface area contributed by atoms with Crippen molar-refractivity contribution in [3.63, 3.8) is 0 Å². The molecule has 0 amide bonds. The molecular weight excluding hydrogens is 212 g/mol. The highest BCUT2D eigenvalue weighted by atomic mass is 16.5. The van der Waals surface area contributed by atoms with Gasteiger partial charge in [-0.05, 0) is 31.9 Å². The summed E-state index contributed by atoms with van der Waals surface area (Å²) in [4.78, 5) is 0. The summed E-state index contributed by atoms with van der Waals surface area (Å²) in [6, 6.07) is 6.36. The Morgan fingerprint density at radius 1 is 1.12 bits per heavy atom. The molecule has 0 radical (unpaired) electrons. The molecule has 0 spiro atoms. The van der Waals surface area contributed by atoms with Crippen molar-refractivity contribution in [1.29, 1.82) is 0 Å². The van der Waals surface area contributed by atoms with E-state index in [1.54, 1.807) is 0 Å². The Morgan fingerprint density at radius 3 is 2.24 bits per heavy atom. The highest BCUT2D eigenvalue weighted by Gasteiger charge is 2.18. The van der Waals surface area contributed by atoms with Crippen molar-refractivity contribution >= 4 is 5.88 Å². The van der Waals surface area contributed by atoms with Gasteiger partial charge in [-0.15, -0.1) is 0 Å². The summed E-state index contributed by atoms with van der Waals surface area (Å²) >= 11 is 0. The van der Waals surface area contributed by atoms with E-state index in [0.29, 0.717) is 11.8 Å². The minimum atomic E-state index is 0.303. The number of anilines is 1. The monoisotopic (exact) mass is 230 g/mol. The van der Waals surface area contributed by atoms with Crippen LogP contribution in [-0.4, -0.2) is 5.16 Å². The predicted octanol–water partition coefficient (Wildman–Crippen LogP) is 3.66. The van der Waals surface area contributed by atoms with Gasteiger partial charge in [-0.1, -0.05) is 36.2 Å². The fraction of sp³-hybridized carbons (Fsp3) is 0.357. The van der Waals surface area contributed by atoms with E-state index in [1.807, 2.05) is 0 Å². The van der Waals surface area contributed by atoms with Crippen molar-refractivity contribution in [2.24, 2.45) is 0 Å². The predicted molar refractivity (Wildman–Crippen MR) is 69.9 cm³/mol. The van der Waals surface area contributed by atoms with Gasteiger partial charge in [0, 0.05) is 11.1 Å². The summed E-state index contributed by atoms with van der Waals surface area (Å²) < 4.78 is 5.12. The van der Waals surface area contributed by atoms with Crippen LogP contribution < -0.4 is 5.73 Å². The topological polar surface area (TPSA) is 52.0 Å². The van der Waals surface area contributed by atoms with Crippen LogP contribution in [0.1, 0.15) is 36.5 Å². The average Bonchev–Trinajstić information content (AvgIpc) is 2.58. The lowest BCUT2D eigenvalue weighted by molar-refractivity contribution is 0.438. The molecule has 2 N–H and O–H groups in total. The number of nitrogen functional groups attached to an aromatic ring is 1. The lowest BCUT2D eigenvalue weighted by Gasteiger charge is -2.07. The second kappa shape index (κ2) is 4.24. The Bertz CT molecular complexity index is 521. The van der Waals surface area contributed by atoms with Crippen molar-refractivity contribution in [2.75, 3.05) is 5.73 Å². The minimum Gasteiger partial charge on any atom is -0.367 e. The number of hydrogen-bond donors (Lipinski definition) is 1. The summed E-state index contributed by atoms with van der Waals surface area (Å²) in [7, 11) is 0. The summed E-state index contributed by atoms with van der Waals surface area (Å²) in [6.45, 7) is 8.34. The van der Waals surface area contributed by atoms with E-state index in [1.165, 1.54) is 11.1 Å². The smallest absolute Gasteiger partial charge is 0.226 e. The molecule has 0 unspecified atom stereocenters. The number of nitrogens with two attached hydrogens (primary N) is 1. The van der Waals surface area contributed by atoms with Crippen LogP contribution in [0.5, 0.6) is 0 Å². The molecule has 0 aliphatic rings. The number of aryl methyl sites for hydroxylation is 2. The van der Waals surface area contributed by atoms with Crippen molar-refractivity contribution in [2.45, 2.75) is 33.6 Å². The molecule has 0 aliphatic carbocycles. The van der Waals surface area contributed by atoms with E-state index < -0.39 is 0 Å². The molecule has 0 aliphatic heterocycles. The molecule has 3 heteroatoms. The normalized spacial score (nSPS) is 11.1. The molecule has 0 bridgehead atoms. The molecule has 0 atom stereocenters. The molecule has 1 aromatic carbocycles. The van der Waals surface area contributed by atoms with Crippen LogP contribution in [0.4, 0.5) is 5.88 Å². The van der Waals surface area contributed by atoms with Gasteiger partial charge < -0.3 is 10.3 Å². The van der Waals surface area contributed by atoms with Gasteiger partial charge in [-0.3, -0.25) is 0 Å². The van der Waals surface area contributed by atoms with Crippen molar-refractivity contribution in [3.05, 3.63) is 34.9 Å². The SMILES string of the molecule is Cc1cc(C)cc(-c2noc(N)c2C(C)C)c1. The highest BCUT2D eigenvalue weighted by molar-refractivity contribution is 5.69. The number of rotatable bonds is 2. The Labute approximate surface area is 102 Å². The second-order valence-corrected chi connectivity index (χ2v) is 4.84. The van der Waals surface area contributed by atoms with Gasteiger partial charge in [0.1, 0.15) is 5.69 Å². The van der Waals surface area contributed by atoms with Crippen LogP contribution in [0.3, 0.4) is 0 Å². The average molecular weight is 230 g/mol. The van der Waals surface area contributed by atoms with Gasteiger partial charge in [0.25, 0.3) is 0 Å². The molecular formula is C14H18N2O. The lowest BCUT2D eigenvalue weighted by Crippen LogP contribution is -1.95. The molecule has 1 aromatic heterocycles. The Kier molecular flexibility index (Phi) is 2.92. The van der Waals surface area contributed by atoms with E-state index >= 15 is 0 Å². The lowest BCUT2D eigenvalue weighted by atomic mass is 9.97. The summed E-state index contributed by atoms with van der Waals surface area (Å²) in [5, 5.41) is 4.09. The first-order valence-corrected chi connectivity index (χ1v) is 5.82. The van der Waals surface area contributed by atoms with Gasteiger partial charge in [0.15, 0.2) is 0 Å². The third-order valence-electron chi connectivity index (χ3n) is 2.83. The van der Waals surface area contributed by atoms with Crippen LogP contribution in [-0.2, 0) is 0 Å². The first-order valence-electron chi connectivity index (χ1n) is 5.82. The third kappa shape index (κ3) is 2.18. The van der Waals surface area contributed by atoms with Crippen molar-refractivity contribution in [1.82, 2.24) is 5.16 Å². The van der Waals surface area contributed by atoms with E-state index in [4.69, 9.17) is 10.3 Å². The zero-order valence-corrected chi connectivity index (χ0v) is 10.7. The minimum absolute atomic E-state index is 0.303. The molecule has 17 heavy (non-hydrogen) atoms. The van der Waals surface area contributed by atoms with E-state index in [-0.39, 0.29) is 0 Å². The molecule has 0 saturated carbocycles. The van der Waals surface area contributed by atoms with Crippen molar-refractivity contribution < 1.29 is 4.52 Å². The Hall–Kier alpha value is -1.77. The van der Waals surface area contributed by atoms with Gasteiger partial charge in [0.05, 0.1) is 0 Å². The van der Waals surface area contributed by atoms with Crippen LogP contribution in [0.2, 0.25) is 0 Å². The van der Waals surface area contributed by atoms with Gasteiger partial charge in [-0.2, -0.15) is 0 Å². The fourth-order valence-electron chi connectivity index (χ4n) is 2.19. The zero-order valence-electron chi connectivity index (χ0n) is 10.7. The standard InChI is InChI=1S/C14H18N2O/c1-8(2)12-13(16-17-14(12)15)11-6-9(3)5-10(4)7-11/h5-8H,15H2,1-4H3. The summed E-state index contributed by atoms with van der Waals surface area (Å²) in [5.74, 6) is 0.728. The maximum absolute atomic E-state index is 5.83. The van der Waals surface area contributed by atoms with Gasteiger partial charge >= 0.3 is 0 Å². The summed E-state index contributed by atoms with van der Waals surface area (Å²) in [6.07, 6.45) is 0. The molecule has 3 nitrogen and oxygen atoms in total. The molecule has 1 heterocycles. The Balaban J connectivity index is 2.60. The zero-order chi connectivity index (χ0) is 12.6. The highest BCUT2D eigenvalue weighted by Crippen LogP contribution is 2.33. The number of aromatic nitrogens is 1.